The molecule has 0 atom stereocenters. The number of aromatic amines is 1. The molecule has 1 aliphatic heterocycles. The molecule has 0 radical (unpaired) electrons. The fourth-order valence-corrected chi connectivity index (χ4v) is 3.35. The van der Waals surface area contributed by atoms with Gasteiger partial charge in [0.25, 0.3) is 5.56 Å². The van der Waals surface area contributed by atoms with E-state index in [2.05, 4.69) is 22.2 Å². The number of hydrogen-bond donors (Lipinski definition) is 3. The summed E-state index contributed by atoms with van der Waals surface area (Å²) < 4.78 is 38.6. The molecule has 0 spiro atoms. The van der Waals surface area contributed by atoms with Gasteiger partial charge in [-0.25, -0.2) is 0 Å². The number of aromatic nitrogens is 2. The number of nitrogens with two attached hydrogens (primary N) is 1. The van der Waals surface area contributed by atoms with Crippen LogP contribution in [0.1, 0.15) is 30.9 Å². The van der Waals surface area contributed by atoms with Crippen molar-refractivity contribution in [3.63, 3.8) is 0 Å². The maximum absolute atomic E-state index is 12.9. The van der Waals surface area contributed by atoms with Crippen LogP contribution in [-0.2, 0) is 6.18 Å². The van der Waals surface area contributed by atoms with Crippen LogP contribution in [0.2, 0.25) is 0 Å². The van der Waals surface area contributed by atoms with E-state index in [1.165, 1.54) is 12.1 Å². The van der Waals surface area contributed by atoms with Gasteiger partial charge in [0, 0.05) is 18.8 Å². The Morgan fingerprint density at radius 1 is 1.36 bits per heavy atom. The fourth-order valence-electron chi connectivity index (χ4n) is 3.03. The second kappa shape index (κ2) is 7.78. The molecule has 6 nitrogen and oxygen atoms in total. The third kappa shape index (κ3) is 4.44. The molecule has 0 unspecified atom stereocenters. The first-order valence-electron chi connectivity index (χ1n) is 8.78. The van der Waals surface area contributed by atoms with Crippen LogP contribution in [0.3, 0.4) is 0 Å². The van der Waals surface area contributed by atoms with Gasteiger partial charge >= 0.3 is 6.18 Å². The molecule has 1 aromatic heterocycles. The van der Waals surface area contributed by atoms with Gasteiger partial charge < -0.3 is 16.0 Å². The number of alkyl halides is 3. The average molecular weight is 411 g/mol. The van der Waals surface area contributed by atoms with Crippen LogP contribution in [0, 0.1) is 5.92 Å². The molecule has 1 fully saturated rings. The van der Waals surface area contributed by atoms with Crippen LogP contribution in [-0.4, -0.2) is 28.0 Å². The summed E-state index contributed by atoms with van der Waals surface area (Å²) in [6, 6.07) is 4.53. The summed E-state index contributed by atoms with van der Waals surface area (Å²) in [6.45, 7) is 3.69. The minimum absolute atomic E-state index is 0.0677. The zero-order valence-electron chi connectivity index (χ0n) is 15.1. The second-order valence-corrected chi connectivity index (χ2v) is 7.26. The molecule has 10 heteroatoms. The Kier molecular flexibility index (Phi) is 5.59. The number of nitrogens with zero attached hydrogens (tertiary/aromatic N) is 2. The number of hydrogen-bond acceptors (Lipinski definition) is 5. The van der Waals surface area contributed by atoms with Gasteiger partial charge in [-0.3, -0.25) is 9.78 Å². The number of piperidine rings is 1. The number of nitrogens with one attached hydrogen (secondary N) is 2. The van der Waals surface area contributed by atoms with Gasteiger partial charge in [0.1, 0.15) is 16.4 Å². The summed E-state index contributed by atoms with van der Waals surface area (Å²) in [5.74, 6) is 0.922. The van der Waals surface area contributed by atoms with E-state index in [1.54, 1.807) is 0 Å². The molecule has 3 rings (SSSR count). The van der Waals surface area contributed by atoms with E-state index in [1.807, 2.05) is 4.90 Å². The van der Waals surface area contributed by atoms with E-state index in [0.717, 1.165) is 38.1 Å². The van der Waals surface area contributed by atoms with Crippen molar-refractivity contribution in [2.75, 3.05) is 29.0 Å². The van der Waals surface area contributed by atoms with E-state index >= 15 is 0 Å². The number of anilines is 3. The van der Waals surface area contributed by atoms with E-state index in [-0.39, 0.29) is 22.1 Å². The summed E-state index contributed by atoms with van der Waals surface area (Å²) in [5, 5.41) is 2.63. The monoisotopic (exact) mass is 411 g/mol. The summed E-state index contributed by atoms with van der Waals surface area (Å²) in [4.78, 5) is 21.3. The molecule has 150 valence electrons. The third-order valence-electron chi connectivity index (χ3n) is 4.69. The number of rotatable bonds is 3. The maximum atomic E-state index is 12.9. The first kappa shape index (κ1) is 20.1. The van der Waals surface area contributed by atoms with E-state index in [4.69, 9.17) is 18.0 Å². The van der Waals surface area contributed by atoms with Crippen molar-refractivity contribution in [3.05, 3.63) is 45.7 Å². The lowest BCUT2D eigenvalue weighted by atomic mass is 10.00. The molecule has 1 aromatic carbocycles. The SMILES string of the molecule is CC1CCN(c2nc(N)c(C(=S)Nc3cccc(C(F)(F)F)c3)c(=O)[nH]2)CC1. The molecule has 28 heavy (non-hydrogen) atoms. The minimum atomic E-state index is -4.48. The molecule has 2 aromatic rings. The normalized spacial score (nSPS) is 15.5. The van der Waals surface area contributed by atoms with Crippen LogP contribution < -0.4 is 21.5 Å². The third-order valence-corrected chi connectivity index (χ3v) is 5.00. The number of benzene rings is 1. The number of halogens is 3. The van der Waals surface area contributed by atoms with Crippen LogP contribution in [0.5, 0.6) is 0 Å². The van der Waals surface area contributed by atoms with Crippen molar-refractivity contribution in [3.8, 4) is 0 Å². The fraction of sp³-hybridized carbons (Fsp3) is 0.389. The van der Waals surface area contributed by atoms with E-state index < -0.39 is 17.3 Å². The standard InChI is InChI=1S/C18H20F3N5OS/c1-10-5-7-26(8-6-10)17-24-14(22)13(15(27)25-17)16(28)23-12-4-2-3-11(9-12)18(19,20)21/h2-4,9-10H,5-8H2,1H3,(H,23,28)(H3,22,24,25,27). The van der Waals surface area contributed by atoms with E-state index in [0.29, 0.717) is 11.9 Å². The lowest BCUT2D eigenvalue weighted by molar-refractivity contribution is -0.137. The second-order valence-electron chi connectivity index (χ2n) is 6.85. The zero-order chi connectivity index (χ0) is 20.5. The molecule has 0 saturated carbocycles. The highest BCUT2D eigenvalue weighted by atomic mass is 32.1. The lowest BCUT2D eigenvalue weighted by Crippen LogP contribution is -2.36. The highest BCUT2D eigenvalue weighted by Gasteiger charge is 2.30. The largest absolute Gasteiger partial charge is 0.416 e. The van der Waals surface area contributed by atoms with Gasteiger partial charge in [-0.15, -0.1) is 0 Å². The van der Waals surface area contributed by atoms with Crippen molar-refractivity contribution in [1.82, 2.24) is 9.97 Å². The van der Waals surface area contributed by atoms with Crippen molar-refractivity contribution in [2.24, 2.45) is 5.92 Å². The summed E-state index contributed by atoms with van der Waals surface area (Å²) in [6.07, 6.45) is -2.51. The lowest BCUT2D eigenvalue weighted by Gasteiger charge is -2.30. The molecule has 2 heterocycles. The Hall–Kier alpha value is -2.62. The summed E-state index contributed by atoms with van der Waals surface area (Å²) in [5.41, 5.74) is 4.62. The van der Waals surface area contributed by atoms with Gasteiger partial charge in [0.2, 0.25) is 5.95 Å². The molecule has 1 aliphatic rings. The zero-order valence-corrected chi connectivity index (χ0v) is 16.0. The maximum Gasteiger partial charge on any atom is 0.416 e. The highest BCUT2D eigenvalue weighted by molar-refractivity contribution is 7.81. The highest BCUT2D eigenvalue weighted by Crippen LogP contribution is 2.30. The Morgan fingerprint density at radius 3 is 2.64 bits per heavy atom. The minimum Gasteiger partial charge on any atom is -0.383 e. The topological polar surface area (TPSA) is 87.0 Å². The first-order chi connectivity index (χ1) is 13.1. The smallest absolute Gasteiger partial charge is 0.383 e. The summed E-state index contributed by atoms with van der Waals surface area (Å²) in [7, 11) is 0. The van der Waals surface area contributed by atoms with E-state index in [9.17, 15) is 18.0 Å². The van der Waals surface area contributed by atoms with Crippen LogP contribution in [0.25, 0.3) is 0 Å². The van der Waals surface area contributed by atoms with Crippen molar-refractivity contribution < 1.29 is 13.2 Å². The van der Waals surface area contributed by atoms with Gasteiger partial charge in [-0.1, -0.05) is 25.2 Å². The predicted octanol–water partition coefficient (Wildman–Crippen LogP) is 3.39. The first-order valence-corrected chi connectivity index (χ1v) is 9.19. The number of H-pyrrole nitrogens is 1. The molecular weight excluding hydrogens is 391 g/mol. The van der Waals surface area contributed by atoms with Gasteiger partial charge in [-0.05, 0) is 37.0 Å². The average Bonchev–Trinajstić information content (AvgIpc) is 2.61. The predicted molar refractivity (Wildman–Crippen MR) is 107 cm³/mol. The molecule has 0 aliphatic carbocycles. The van der Waals surface area contributed by atoms with Gasteiger partial charge in [0.05, 0.1) is 5.56 Å². The number of nitrogen functional groups attached to an aromatic ring is 1. The Balaban J connectivity index is 1.82. The Bertz CT molecular complexity index is 936. The van der Waals surface area contributed by atoms with Crippen LogP contribution in [0.15, 0.2) is 29.1 Å². The quantitative estimate of drug-likeness (QED) is 0.671. The molecular formula is C18H20F3N5OS. The molecule has 0 amide bonds. The van der Waals surface area contributed by atoms with Gasteiger partial charge in [-0.2, -0.15) is 18.2 Å². The molecule has 1 saturated heterocycles. The summed E-state index contributed by atoms with van der Waals surface area (Å²) >= 11 is 5.18. The number of thiocarbonyl (C=S) groups is 1. The molecule has 4 N–H and O–H groups in total. The molecule has 0 bridgehead atoms. The van der Waals surface area contributed by atoms with Crippen LogP contribution in [0.4, 0.5) is 30.6 Å². The Labute approximate surface area is 165 Å². The Morgan fingerprint density at radius 2 is 2.04 bits per heavy atom. The van der Waals surface area contributed by atoms with Gasteiger partial charge in [0.15, 0.2) is 0 Å². The van der Waals surface area contributed by atoms with Crippen LogP contribution >= 0.6 is 12.2 Å². The van der Waals surface area contributed by atoms with Crippen molar-refractivity contribution >= 4 is 34.7 Å². The van der Waals surface area contributed by atoms with Crippen molar-refractivity contribution in [2.45, 2.75) is 25.9 Å². The van der Waals surface area contributed by atoms with Crippen molar-refractivity contribution in [1.29, 1.82) is 0 Å².